The van der Waals surface area contributed by atoms with Crippen molar-refractivity contribution in [2.45, 2.75) is 70.9 Å². The van der Waals surface area contributed by atoms with E-state index in [-0.39, 0.29) is 17.9 Å². The van der Waals surface area contributed by atoms with Gasteiger partial charge in [-0.15, -0.1) is 0 Å². The molecule has 0 aliphatic carbocycles. The van der Waals surface area contributed by atoms with E-state index in [0.717, 1.165) is 18.4 Å². The van der Waals surface area contributed by atoms with Gasteiger partial charge in [0.15, 0.2) is 5.75 Å². The van der Waals surface area contributed by atoms with Crippen LogP contribution in [0.4, 0.5) is 0 Å². The summed E-state index contributed by atoms with van der Waals surface area (Å²) < 4.78 is 28.6. The third-order valence-electron chi connectivity index (χ3n) is 6.87. The predicted molar refractivity (Wildman–Crippen MR) is 156 cm³/mol. The monoisotopic (exact) mass is 582 g/mol. The summed E-state index contributed by atoms with van der Waals surface area (Å²) in [5.41, 5.74) is 2.57. The zero-order chi connectivity index (χ0) is 30.2. The molecule has 1 saturated heterocycles. The second-order valence-corrected chi connectivity index (χ2v) is 10.5. The van der Waals surface area contributed by atoms with Gasteiger partial charge in [-0.1, -0.05) is 47.6 Å². The van der Waals surface area contributed by atoms with Gasteiger partial charge in [-0.2, -0.15) is 0 Å². The zero-order valence-corrected chi connectivity index (χ0v) is 23.9. The maximum absolute atomic E-state index is 13.2. The van der Waals surface area contributed by atoms with Gasteiger partial charge in [0.2, 0.25) is 6.29 Å². The number of aliphatic hydroxyl groups excluding tert-OH is 4. The predicted octanol–water partition coefficient (Wildman–Crippen LogP) is 3.62. The van der Waals surface area contributed by atoms with Crippen molar-refractivity contribution in [2.75, 3.05) is 13.2 Å². The molecule has 3 aromatic rings. The van der Waals surface area contributed by atoms with E-state index in [4.69, 9.17) is 23.4 Å². The highest BCUT2D eigenvalue weighted by atomic mass is 16.7. The van der Waals surface area contributed by atoms with Gasteiger partial charge in [-0.05, 0) is 57.4 Å². The van der Waals surface area contributed by atoms with E-state index < -0.39 is 48.7 Å². The molecular formula is C32H38O10. The standard InChI is InChI=1S/C32H38O10/c1-19(2)8-7-9-20(3)14-15-38-22-12-13-23-24(16-22)40-31(37)30(29(23)39-18-21-10-5-4-6-11-21)42-32-28(36)27(35)26(34)25(17-33)41-32/h4-6,8,10-14,16,25-28,32-36H,7,9,15,17-18H2,1-3H3/t25-,26-,27+,28+,32-/m1/s1. The highest BCUT2D eigenvalue weighted by molar-refractivity contribution is 5.86. The minimum atomic E-state index is -1.73. The van der Waals surface area contributed by atoms with E-state index in [1.165, 1.54) is 11.1 Å². The second-order valence-electron chi connectivity index (χ2n) is 10.5. The molecule has 0 amide bonds. The number of allylic oxidation sites excluding steroid dienone is 3. The fourth-order valence-electron chi connectivity index (χ4n) is 4.45. The quantitative estimate of drug-likeness (QED) is 0.184. The molecule has 42 heavy (non-hydrogen) atoms. The minimum absolute atomic E-state index is 0.0311. The van der Waals surface area contributed by atoms with Crippen LogP contribution in [0.5, 0.6) is 17.2 Å². The first kappa shape index (κ1) is 31.3. The van der Waals surface area contributed by atoms with Gasteiger partial charge >= 0.3 is 5.63 Å². The third-order valence-corrected chi connectivity index (χ3v) is 6.87. The van der Waals surface area contributed by atoms with Gasteiger partial charge in [0.05, 0.1) is 12.0 Å². The van der Waals surface area contributed by atoms with Crippen LogP contribution in [0.1, 0.15) is 39.2 Å². The molecule has 1 fully saturated rings. The zero-order valence-electron chi connectivity index (χ0n) is 23.9. The molecule has 0 radical (unpaired) electrons. The molecule has 1 aliphatic heterocycles. The van der Waals surface area contributed by atoms with Gasteiger partial charge in [0.1, 0.15) is 49.0 Å². The first-order valence-corrected chi connectivity index (χ1v) is 13.8. The lowest BCUT2D eigenvalue weighted by atomic mass is 9.99. The fourth-order valence-corrected chi connectivity index (χ4v) is 4.45. The Labute approximate surface area is 244 Å². The molecule has 10 nitrogen and oxygen atoms in total. The molecule has 10 heteroatoms. The number of benzene rings is 2. The fraction of sp³-hybridized carbons (Fsp3) is 0.406. The van der Waals surface area contributed by atoms with Crippen LogP contribution in [0.2, 0.25) is 0 Å². The van der Waals surface area contributed by atoms with E-state index in [1.807, 2.05) is 36.4 Å². The molecule has 2 heterocycles. The molecular weight excluding hydrogens is 544 g/mol. The van der Waals surface area contributed by atoms with Crippen LogP contribution in [0.3, 0.4) is 0 Å². The molecule has 0 unspecified atom stereocenters. The van der Waals surface area contributed by atoms with Crippen molar-refractivity contribution < 1.29 is 43.8 Å². The Morgan fingerprint density at radius 2 is 1.69 bits per heavy atom. The molecule has 1 aliphatic rings. The van der Waals surface area contributed by atoms with E-state index in [9.17, 15) is 25.2 Å². The van der Waals surface area contributed by atoms with Crippen LogP contribution < -0.4 is 19.8 Å². The van der Waals surface area contributed by atoms with E-state index in [0.29, 0.717) is 17.7 Å². The lowest BCUT2D eigenvalue weighted by Gasteiger charge is -2.39. The molecule has 0 bridgehead atoms. The molecule has 4 N–H and O–H groups in total. The largest absolute Gasteiger partial charge is 0.489 e. The van der Waals surface area contributed by atoms with E-state index in [1.54, 1.807) is 18.2 Å². The van der Waals surface area contributed by atoms with Crippen molar-refractivity contribution in [3.05, 3.63) is 87.8 Å². The Morgan fingerprint density at radius 1 is 0.929 bits per heavy atom. The number of aliphatic hydroxyl groups is 4. The molecule has 2 aromatic carbocycles. The first-order chi connectivity index (χ1) is 20.2. The summed E-state index contributed by atoms with van der Waals surface area (Å²) in [7, 11) is 0. The summed E-state index contributed by atoms with van der Waals surface area (Å²) in [4.78, 5) is 13.2. The average Bonchev–Trinajstić information content (AvgIpc) is 2.97. The summed E-state index contributed by atoms with van der Waals surface area (Å²) in [5.74, 6) is 0.116. The SMILES string of the molecule is CC(C)=CCCC(C)=CCOc1ccc2c(OCc3ccccc3)c(O[C@H]3O[C@H](CO)[C@@H](O)[C@H](O)[C@@H]3O)c(=O)oc2c1. The highest BCUT2D eigenvalue weighted by Gasteiger charge is 2.45. The summed E-state index contributed by atoms with van der Waals surface area (Å²) in [5, 5.41) is 40.7. The van der Waals surface area contributed by atoms with Crippen molar-refractivity contribution in [3.8, 4) is 17.2 Å². The minimum Gasteiger partial charge on any atom is -0.489 e. The second kappa shape index (κ2) is 14.5. The molecule has 1 aromatic heterocycles. The van der Waals surface area contributed by atoms with E-state index >= 15 is 0 Å². The molecule has 4 rings (SSSR count). The molecule has 0 saturated carbocycles. The van der Waals surface area contributed by atoms with Gasteiger partial charge in [0, 0.05) is 6.07 Å². The van der Waals surface area contributed by atoms with Crippen molar-refractivity contribution in [1.29, 1.82) is 0 Å². The molecule has 5 atom stereocenters. The smallest absolute Gasteiger partial charge is 0.383 e. The van der Waals surface area contributed by atoms with Gasteiger partial charge in [0.25, 0.3) is 5.75 Å². The average molecular weight is 583 g/mol. The number of ether oxygens (including phenoxy) is 4. The van der Waals surface area contributed by atoms with Crippen LogP contribution in [0, 0.1) is 0 Å². The lowest BCUT2D eigenvalue weighted by Crippen LogP contribution is -2.60. The van der Waals surface area contributed by atoms with Gasteiger partial charge < -0.3 is 43.8 Å². The Bertz CT molecular complexity index is 1440. The first-order valence-electron chi connectivity index (χ1n) is 13.8. The maximum atomic E-state index is 13.2. The lowest BCUT2D eigenvalue weighted by molar-refractivity contribution is -0.278. The summed E-state index contributed by atoms with van der Waals surface area (Å²) in [6.45, 7) is 5.97. The van der Waals surface area contributed by atoms with Crippen LogP contribution in [-0.4, -0.2) is 64.3 Å². The Balaban J connectivity index is 1.61. The summed E-state index contributed by atoms with van der Waals surface area (Å²) in [6.07, 6.45) is -1.73. The third kappa shape index (κ3) is 7.78. The highest BCUT2D eigenvalue weighted by Crippen LogP contribution is 2.37. The number of hydrogen-bond donors (Lipinski definition) is 4. The number of hydrogen-bond acceptors (Lipinski definition) is 10. The van der Waals surface area contributed by atoms with Crippen LogP contribution in [0.25, 0.3) is 11.0 Å². The number of rotatable bonds is 12. The van der Waals surface area contributed by atoms with E-state index in [2.05, 4.69) is 26.8 Å². The normalized spacial score (nSPS) is 22.5. The maximum Gasteiger partial charge on any atom is 0.383 e. The summed E-state index contributed by atoms with van der Waals surface area (Å²) in [6, 6.07) is 14.2. The Morgan fingerprint density at radius 3 is 2.40 bits per heavy atom. The van der Waals surface area contributed by atoms with Crippen molar-refractivity contribution in [3.63, 3.8) is 0 Å². The van der Waals surface area contributed by atoms with Crippen molar-refractivity contribution >= 4 is 11.0 Å². The molecule has 226 valence electrons. The summed E-state index contributed by atoms with van der Waals surface area (Å²) >= 11 is 0. The van der Waals surface area contributed by atoms with Crippen LogP contribution in [0.15, 0.2) is 81.0 Å². The molecule has 0 spiro atoms. The number of fused-ring (bicyclic) bond motifs is 1. The van der Waals surface area contributed by atoms with Gasteiger partial charge in [-0.3, -0.25) is 0 Å². The van der Waals surface area contributed by atoms with Crippen molar-refractivity contribution in [1.82, 2.24) is 0 Å². The Hall–Kier alpha value is -3.67. The van der Waals surface area contributed by atoms with Crippen LogP contribution in [-0.2, 0) is 11.3 Å². The van der Waals surface area contributed by atoms with Gasteiger partial charge in [-0.25, -0.2) is 4.79 Å². The van der Waals surface area contributed by atoms with Crippen molar-refractivity contribution in [2.24, 2.45) is 0 Å². The Kier molecular flexibility index (Phi) is 10.8. The van der Waals surface area contributed by atoms with Crippen LogP contribution >= 0.6 is 0 Å². The topological polar surface area (TPSA) is 148 Å².